The van der Waals surface area contributed by atoms with Gasteiger partial charge in [0.2, 0.25) is 0 Å². The average Bonchev–Trinajstić information content (AvgIpc) is 1.77. The molecule has 1 rings (SSSR count). The minimum absolute atomic E-state index is 0. The standard InChI is InChI=1S/C6H15N3.3BrH/c7-5-3-1-2-4-6(5,8)9;;;/h5H,1-4,7-9H2;3*1H. The molecule has 0 aliphatic heterocycles. The van der Waals surface area contributed by atoms with E-state index in [2.05, 4.69) is 0 Å². The summed E-state index contributed by atoms with van der Waals surface area (Å²) in [5.74, 6) is 0. The number of hydrogen-bond donors (Lipinski definition) is 3. The first-order valence-electron chi connectivity index (χ1n) is 3.46. The molecule has 0 amide bonds. The minimum atomic E-state index is -0.585. The molecule has 0 saturated heterocycles. The second kappa shape index (κ2) is 7.70. The van der Waals surface area contributed by atoms with Crippen molar-refractivity contribution in [1.82, 2.24) is 0 Å². The molecule has 6 N–H and O–H groups in total. The summed E-state index contributed by atoms with van der Waals surface area (Å²) in [4.78, 5) is 0. The number of rotatable bonds is 0. The van der Waals surface area contributed by atoms with Crippen LogP contribution in [0.1, 0.15) is 25.7 Å². The predicted octanol–water partition coefficient (Wildman–Crippen LogP) is 1.24. The van der Waals surface area contributed by atoms with Gasteiger partial charge in [-0.2, -0.15) is 0 Å². The third-order valence-corrected chi connectivity index (χ3v) is 2.07. The van der Waals surface area contributed by atoms with Gasteiger partial charge in [-0.1, -0.05) is 12.8 Å². The molecule has 1 atom stereocenters. The summed E-state index contributed by atoms with van der Waals surface area (Å²) in [7, 11) is 0. The van der Waals surface area contributed by atoms with Crippen LogP contribution in [0.4, 0.5) is 0 Å². The average molecular weight is 372 g/mol. The van der Waals surface area contributed by atoms with Crippen molar-refractivity contribution in [3.63, 3.8) is 0 Å². The van der Waals surface area contributed by atoms with Crippen molar-refractivity contribution in [2.75, 3.05) is 0 Å². The molecule has 0 bridgehead atoms. The van der Waals surface area contributed by atoms with Crippen LogP contribution in [0.5, 0.6) is 0 Å². The van der Waals surface area contributed by atoms with Crippen LogP contribution < -0.4 is 17.2 Å². The molecule has 6 heteroatoms. The first kappa shape index (κ1) is 19.0. The Balaban J connectivity index is -0.000000270. The Kier molecular flexibility index (Phi) is 12.2. The van der Waals surface area contributed by atoms with Crippen molar-refractivity contribution < 1.29 is 0 Å². The summed E-state index contributed by atoms with van der Waals surface area (Å²) in [5.41, 5.74) is 16.4. The Morgan fingerprint density at radius 1 is 1.00 bits per heavy atom. The van der Waals surface area contributed by atoms with E-state index in [1.54, 1.807) is 0 Å². The van der Waals surface area contributed by atoms with Gasteiger partial charge in [0, 0.05) is 6.04 Å². The molecule has 3 nitrogen and oxygen atoms in total. The first-order chi connectivity index (χ1) is 4.13. The third kappa shape index (κ3) is 5.14. The van der Waals surface area contributed by atoms with E-state index in [-0.39, 0.29) is 57.0 Å². The first-order valence-corrected chi connectivity index (χ1v) is 3.46. The van der Waals surface area contributed by atoms with Gasteiger partial charge in [0.1, 0.15) is 0 Å². The van der Waals surface area contributed by atoms with E-state index in [0.29, 0.717) is 0 Å². The van der Waals surface area contributed by atoms with E-state index >= 15 is 0 Å². The summed E-state index contributed by atoms with van der Waals surface area (Å²) in [6, 6.07) is 0.00579. The maximum Gasteiger partial charge on any atom is 0.0792 e. The van der Waals surface area contributed by atoms with E-state index in [9.17, 15) is 0 Å². The lowest BCUT2D eigenvalue weighted by Gasteiger charge is -2.35. The largest absolute Gasteiger partial charge is 0.325 e. The van der Waals surface area contributed by atoms with Gasteiger partial charge in [-0.3, -0.25) is 0 Å². The van der Waals surface area contributed by atoms with Crippen molar-refractivity contribution >= 4 is 50.9 Å². The Labute approximate surface area is 105 Å². The SMILES string of the molecule is Br.Br.Br.NC1CCCCC1(N)N. The van der Waals surface area contributed by atoms with Crippen molar-refractivity contribution in [1.29, 1.82) is 0 Å². The van der Waals surface area contributed by atoms with Crippen LogP contribution in [-0.2, 0) is 0 Å². The molecule has 0 heterocycles. The van der Waals surface area contributed by atoms with Gasteiger partial charge in [-0.25, -0.2) is 0 Å². The van der Waals surface area contributed by atoms with E-state index in [1.807, 2.05) is 0 Å². The zero-order valence-corrected chi connectivity index (χ0v) is 12.0. The molecule has 0 aromatic carbocycles. The molecule has 0 spiro atoms. The van der Waals surface area contributed by atoms with Gasteiger partial charge in [-0.15, -0.1) is 50.9 Å². The van der Waals surface area contributed by atoms with Gasteiger partial charge >= 0.3 is 0 Å². The number of hydrogen-bond acceptors (Lipinski definition) is 3. The lowest BCUT2D eigenvalue weighted by atomic mass is 9.86. The molecule has 0 radical (unpaired) electrons. The van der Waals surface area contributed by atoms with Gasteiger partial charge in [0.15, 0.2) is 0 Å². The van der Waals surface area contributed by atoms with E-state index in [1.165, 1.54) is 6.42 Å². The Morgan fingerprint density at radius 2 is 1.50 bits per heavy atom. The van der Waals surface area contributed by atoms with E-state index < -0.39 is 5.66 Å². The Bertz CT molecular complexity index is 110. The number of nitrogens with two attached hydrogens (primary N) is 3. The fraction of sp³-hybridized carbons (Fsp3) is 1.00. The monoisotopic (exact) mass is 369 g/mol. The molecule has 78 valence electrons. The molecule has 1 aliphatic rings. The van der Waals surface area contributed by atoms with Crippen LogP contribution in [0, 0.1) is 0 Å². The molecule has 0 aromatic rings. The van der Waals surface area contributed by atoms with Crippen molar-refractivity contribution in [2.24, 2.45) is 17.2 Å². The smallest absolute Gasteiger partial charge is 0.0792 e. The third-order valence-electron chi connectivity index (χ3n) is 2.07. The second-order valence-corrected chi connectivity index (χ2v) is 2.96. The van der Waals surface area contributed by atoms with Crippen molar-refractivity contribution in [3.05, 3.63) is 0 Å². The fourth-order valence-electron chi connectivity index (χ4n) is 1.25. The minimum Gasteiger partial charge on any atom is -0.325 e. The highest BCUT2D eigenvalue weighted by atomic mass is 79.9. The van der Waals surface area contributed by atoms with Crippen LogP contribution in [0.2, 0.25) is 0 Å². The van der Waals surface area contributed by atoms with Crippen molar-refractivity contribution in [3.8, 4) is 0 Å². The van der Waals surface area contributed by atoms with Crippen molar-refractivity contribution in [2.45, 2.75) is 37.4 Å². The summed E-state index contributed by atoms with van der Waals surface area (Å²) in [6.07, 6.45) is 4.15. The van der Waals surface area contributed by atoms with E-state index in [4.69, 9.17) is 17.2 Å². The topological polar surface area (TPSA) is 78.1 Å². The normalized spacial score (nSPS) is 25.8. The van der Waals surface area contributed by atoms with Crippen LogP contribution in [0.15, 0.2) is 0 Å². The molecule has 1 unspecified atom stereocenters. The van der Waals surface area contributed by atoms with Gasteiger partial charge in [-0.05, 0) is 12.8 Å². The highest BCUT2D eigenvalue weighted by Crippen LogP contribution is 2.19. The summed E-state index contributed by atoms with van der Waals surface area (Å²) >= 11 is 0. The van der Waals surface area contributed by atoms with Gasteiger partial charge in [0.05, 0.1) is 5.66 Å². The highest BCUT2D eigenvalue weighted by molar-refractivity contribution is 8.93. The molecule has 1 fully saturated rings. The highest BCUT2D eigenvalue weighted by Gasteiger charge is 2.29. The molecular weight excluding hydrogens is 354 g/mol. The summed E-state index contributed by atoms with van der Waals surface area (Å²) in [6.45, 7) is 0. The maximum atomic E-state index is 5.67. The molecule has 1 saturated carbocycles. The van der Waals surface area contributed by atoms with E-state index in [0.717, 1.165) is 19.3 Å². The Morgan fingerprint density at radius 3 is 1.75 bits per heavy atom. The summed E-state index contributed by atoms with van der Waals surface area (Å²) < 4.78 is 0. The predicted molar refractivity (Wildman–Crippen MR) is 68.5 cm³/mol. The van der Waals surface area contributed by atoms with Gasteiger partial charge < -0.3 is 17.2 Å². The quantitative estimate of drug-likeness (QED) is 0.560. The maximum absolute atomic E-state index is 5.67. The van der Waals surface area contributed by atoms with Crippen LogP contribution >= 0.6 is 50.9 Å². The van der Waals surface area contributed by atoms with Crippen LogP contribution in [-0.4, -0.2) is 11.7 Å². The van der Waals surface area contributed by atoms with Crippen LogP contribution in [0.3, 0.4) is 0 Å². The molecule has 12 heavy (non-hydrogen) atoms. The Hall–Kier alpha value is 1.32. The summed E-state index contributed by atoms with van der Waals surface area (Å²) in [5, 5.41) is 0. The lowest BCUT2D eigenvalue weighted by molar-refractivity contribution is 0.261. The zero-order valence-electron chi connectivity index (χ0n) is 6.86. The molecule has 0 aromatic heterocycles. The number of halogens is 3. The van der Waals surface area contributed by atoms with Crippen LogP contribution in [0.25, 0.3) is 0 Å². The molecule has 1 aliphatic carbocycles. The lowest BCUT2D eigenvalue weighted by Crippen LogP contribution is -2.63. The second-order valence-electron chi connectivity index (χ2n) is 2.96. The van der Waals surface area contributed by atoms with Gasteiger partial charge in [0.25, 0.3) is 0 Å². The zero-order chi connectivity index (χ0) is 6.91. The fourth-order valence-corrected chi connectivity index (χ4v) is 1.25. The molecular formula is C6H18Br3N3.